The first-order valence-corrected chi connectivity index (χ1v) is 8.96. The maximum atomic E-state index is 13.3. The third-order valence-electron chi connectivity index (χ3n) is 4.12. The van der Waals surface area contributed by atoms with E-state index in [1.54, 1.807) is 25.4 Å². The summed E-state index contributed by atoms with van der Waals surface area (Å²) in [6, 6.07) is 14.8. The van der Waals surface area contributed by atoms with Gasteiger partial charge >= 0.3 is 0 Å². The Hall–Kier alpha value is -2.13. The van der Waals surface area contributed by atoms with Crippen molar-refractivity contribution in [3.63, 3.8) is 0 Å². The van der Waals surface area contributed by atoms with Gasteiger partial charge in [0.05, 0.1) is 11.6 Å². The van der Waals surface area contributed by atoms with Crippen molar-refractivity contribution in [1.29, 1.82) is 0 Å². The van der Waals surface area contributed by atoms with Crippen LogP contribution < -0.4 is 10.6 Å². The molecule has 2 N–H and O–H groups in total. The number of nitrogens with one attached hydrogen (secondary N) is 2. The molecule has 0 saturated heterocycles. The van der Waals surface area contributed by atoms with Crippen LogP contribution in [0, 0.1) is 5.82 Å². The zero-order valence-corrected chi connectivity index (χ0v) is 18.5. The molecule has 0 amide bonds. The lowest BCUT2D eigenvalue weighted by Crippen LogP contribution is -2.36. The number of nitrogens with zero attached hydrogens (tertiary/aromatic N) is 3. The van der Waals surface area contributed by atoms with Gasteiger partial charge in [0.2, 0.25) is 0 Å². The largest absolute Gasteiger partial charge is 0.352 e. The fourth-order valence-electron chi connectivity index (χ4n) is 2.69. The van der Waals surface area contributed by atoms with Crippen molar-refractivity contribution in [2.24, 2.45) is 4.99 Å². The molecule has 1 heterocycles. The second-order valence-electron chi connectivity index (χ2n) is 6.00. The molecule has 0 atom stereocenters. The van der Waals surface area contributed by atoms with Gasteiger partial charge in [0, 0.05) is 32.5 Å². The third kappa shape index (κ3) is 6.20. The molecule has 0 aliphatic heterocycles. The molecule has 28 heavy (non-hydrogen) atoms. The standard InChI is InChI=1S/C20H21ClFN5.HI/c1-23-20(24-12-15-7-8-19(22)18(21)11-15)25-13-16-5-2-3-6-17(16)14-27-10-4-9-26-27;/h2-11H,12-14H2,1H3,(H2,23,24,25);1H. The van der Waals surface area contributed by atoms with Crippen molar-refractivity contribution in [3.8, 4) is 0 Å². The van der Waals surface area contributed by atoms with Crippen molar-refractivity contribution in [3.05, 3.63) is 88.5 Å². The number of hydrogen-bond acceptors (Lipinski definition) is 2. The van der Waals surface area contributed by atoms with Crippen LogP contribution in [0.3, 0.4) is 0 Å². The average Bonchev–Trinajstić information content (AvgIpc) is 3.19. The Balaban J connectivity index is 0.00000280. The fraction of sp³-hybridized carbons (Fsp3) is 0.200. The van der Waals surface area contributed by atoms with E-state index in [0.29, 0.717) is 25.6 Å². The first kappa shape index (κ1) is 22.2. The molecule has 0 fully saturated rings. The van der Waals surface area contributed by atoms with Crippen molar-refractivity contribution in [2.45, 2.75) is 19.6 Å². The molecule has 0 aliphatic rings. The Bertz CT molecular complexity index is 915. The van der Waals surface area contributed by atoms with Crippen LogP contribution >= 0.6 is 35.6 Å². The van der Waals surface area contributed by atoms with E-state index in [0.717, 1.165) is 5.56 Å². The van der Waals surface area contributed by atoms with Crippen molar-refractivity contribution in [2.75, 3.05) is 7.05 Å². The average molecular weight is 514 g/mol. The molecule has 5 nitrogen and oxygen atoms in total. The van der Waals surface area contributed by atoms with Crippen LogP contribution in [-0.2, 0) is 19.6 Å². The van der Waals surface area contributed by atoms with Gasteiger partial charge < -0.3 is 10.6 Å². The number of aromatic nitrogens is 2. The van der Waals surface area contributed by atoms with Gasteiger partial charge in [0.25, 0.3) is 0 Å². The van der Waals surface area contributed by atoms with Crippen LogP contribution in [-0.4, -0.2) is 22.8 Å². The SMILES string of the molecule is CN=C(NCc1ccc(F)c(Cl)c1)NCc1ccccc1Cn1cccn1.I. The lowest BCUT2D eigenvalue weighted by Gasteiger charge is -2.14. The molecule has 0 bridgehead atoms. The van der Waals surface area contributed by atoms with Crippen LogP contribution in [0.1, 0.15) is 16.7 Å². The van der Waals surface area contributed by atoms with Crippen LogP contribution in [0.25, 0.3) is 0 Å². The number of hydrogen-bond donors (Lipinski definition) is 2. The molecule has 1 aromatic heterocycles. The minimum atomic E-state index is -0.420. The predicted molar refractivity (Wildman–Crippen MR) is 122 cm³/mol. The smallest absolute Gasteiger partial charge is 0.191 e. The van der Waals surface area contributed by atoms with Gasteiger partial charge in [-0.3, -0.25) is 9.67 Å². The summed E-state index contributed by atoms with van der Waals surface area (Å²) >= 11 is 5.82. The second kappa shape index (κ2) is 11.0. The summed E-state index contributed by atoms with van der Waals surface area (Å²) in [4.78, 5) is 4.23. The first-order chi connectivity index (χ1) is 13.2. The Morgan fingerprint density at radius 1 is 1.11 bits per heavy atom. The fourth-order valence-corrected chi connectivity index (χ4v) is 2.89. The third-order valence-corrected chi connectivity index (χ3v) is 4.41. The summed E-state index contributed by atoms with van der Waals surface area (Å²) in [6.45, 7) is 1.83. The number of benzene rings is 2. The Kier molecular flexibility index (Phi) is 8.72. The molecule has 8 heteroatoms. The van der Waals surface area contributed by atoms with E-state index in [9.17, 15) is 4.39 Å². The van der Waals surface area contributed by atoms with E-state index in [1.807, 2.05) is 29.1 Å². The second-order valence-corrected chi connectivity index (χ2v) is 6.41. The lowest BCUT2D eigenvalue weighted by molar-refractivity contribution is 0.627. The van der Waals surface area contributed by atoms with Crippen LogP contribution in [0.2, 0.25) is 5.02 Å². The van der Waals surface area contributed by atoms with Gasteiger partial charge in [0.1, 0.15) is 5.82 Å². The van der Waals surface area contributed by atoms with Gasteiger partial charge in [-0.2, -0.15) is 5.10 Å². The normalized spacial score (nSPS) is 11.0. The van der Waals surface area contributed by atoms with Gasteiger partial charge in [0.15, 0.2) is 5.96 Å². The van der Waals surface area contributed by atoms with Crippen LogP contribution in [0.4, 0.5) is 4.39 Å². The lowest BCUT2D eigenvalue weighted by atomic mass is 10.1. The molecule has 2 aromatic carbocycles. The Morgan fingerprint density at radius 3 is 2.54 bits per heavy atom. The highest BCUT2D eigenvalue weighted by molar-refractivity contribution is 14.0. The highest BCUT2D eigenvalue weighted by Crippen LogP contribution is 2.15. The molecule has 148 valence electrons. The van der Waals surface area contributed by atoms with Crippen molar-refractivity contribution in [1.82, 2.24) is 20.4 Å². The minimum Gasteiger partial charge on any atom is -0.352 e. The summed E-state index contributed by atoms with van der Waals surface area (Å²) in [5.74, 6) is 0.237. The predicted octanol–water partition coefficient (Wildman–Crippen LogP) is 4.21. The quantitative estimate of drug-likeness (QED) is 0.295. The number of guanidine groups is 1. The highest BCUT2D eigenvalue weighted by Gasteiger charge is 2.06. The molecule has 3 rings (SSSR count). The van der Waals surface area contributed by atoms with E-state index in [-0.39, 0.29) is 29.0 Å². The van der Waals surface area contributed by atoms with Crippen molar-refractivity contribution < 1.29 is 4.39 Å². The van der Waals surface area contributed by atoms with Gasteiger partial charge in [-0.1, -0.05) is 41.9 Å². The van der Waals surface area contributed by atoms with E-state index in [1.165, 1.54) is 17.2 Å². The molecule has 0 unspecified atom stereocenters. The van der Waals surface area contributed by atoms with E-state index >= 15 is 0 Å². The van der Waals surface area contributed by atoms with E-state index in [4.69, 9.17) is 11.6 Å². The van der Waals surface area contributed by atoms with Crippen LogP contribution in [0.15, 0.2) is 65.9 Å². The molecular weight excluding hydrogens is 492 g/mol. The van der Waals surface area contributed by atoms with Gasteiger partial charge in [-0.25, -0.2) is 4.39 Å². The zero-order valence-electron chi connectivity index (χ0n) is 15.4. The van der Waals surface area contributed by atoms with E-state index in [2.05, 4.69) is 32.9 Å². The molecular formula is C20H22ClFIN5. The number of aliphatic imine (C=N–C) groups is 1. The molecule has 0 aliphatic carbocycles. The monoisotopic (exact) mass is 513 g/mol. The van der Waals surface area contributed by atoms with Crippen molar-refractivity contribution >= 4 is 41.5 Å². The van der Waals surface area contributed by atoms with Crippen LogP contribution in [0.5, 0.6) is 0 Å². The summed E-state index contributed by atoms with van der Waals surface area (Å²) in [7, 11) is 1.71. The summed E-state index contributed by atoms with van der Waals surface area (Å²) < 4.78 is 15.1. The summed E-state index contributed by atoms with van der Waals surface area (Å²) in [5.41, 5.74) is 3.23. The summed E-state index contributed by atoms with van der Waals surface area (Å²) in [5, 5.41) is 10.9. The maximum Gasteiger partial charge on any atom is 0.191 e. The van der Waals surface area contributed by atoms with Gasteiger partial charge in [-0.05, 0) is 34.9 Å². The van der Waals surface area contributed by atoms with Gasteiger partial charge in [-0.15, -0.1) is 24.0 Å². The molecule has 3 aromatic rings. The Labute approximate surface area is 186 Å². The maximum absolute atomic E-state index is 13.3. The molecule has 0 spiro atoms. The first-order valence-electron chi connectivity index (χ1n) is 8.58. The summed E-state index contributed by atoms with van der Waals surface area (Å²) in [6.07, 6.45) is 3.72. The number of halogens is 3. The number of rotatable bonds is 6. The molecule has 0 saturated carbocycles. The highest BCUT2D eigenvalue weighted by atomic mass is 127. The zero-order chi connectivity index (χ0) is 19.1. The molecule has 0 radical (unpaired) electrons. The Morgan fingerprint density at radius 2 is 1.86 bits per heavy atom. The van der Waals surface area contributed by atoms with E-state index < -0.39 is 5.82 Å². The minimum absolute atomic E-state index is 0. The topological polar surface area (TPSA) is 54.2 Å².